The summed E-state index contributed by atoms with van der Waals surface area (Å²) in [6, 6.07) is 5.45. The fraction of sp³-hybridized carbons (Fsp3) is 0.286. The maximum absolute atomic E-state index is 12.1. The summed E-state index contributed by atoms with van der Waals surface area (Å²) in [6.45, 7) is 1.80. The lowest BCUT2D eigenvalue weighted by molar-refractivity contribution is -0.136. The predicted octanol–water partition coefficient (Wildman–Crippen LogP) is 2.53. The lowest BCUT2D eigenvalue weighted by Gasteiger charge is -2.02. The summed E-state index contributed by atoms with van der Waals surface area (Å²) in [5.41, 5.74) is 2.05. The number of para-hydroxylation sites is 1. The van der Waals surface area contributed by atoms with Gasteiger partial charge in [-0.1, -0.05) is 12.1 Å². The van der Waals surface area contributed by atoms with Gasteiger partial charge >= 0.3 is 5.97 Å². The number of aromatic nitrogens is 1. The number of methoxy groups -OCH3 is 1. The molecule has 2 N–H and O–H groups in total. The van der Waals surface area contributed by atoms with Crippen molar-refractivity contribution >= 4 is 22.7 Å². The number of Topliss-reactive ketones (excluding diaryl/α,β-unsaturated/α-hetero) is 1. The van der Waals surface area contributed by atoms with E-state index in [0.717, 1.165) is 16.6 Å². The molecule has 100 valence electrons. The van der Waals surface area contributed by atoms with E-state index in [1.807, 2.05) is 18.2 Å². The maximum Gasteiger partial charge on any atom is 0.303 e. The largest absolute Gasteiger partial charge is 0.495 e. The molecule has 2 rings (SSSR count). The van der Waals surface area contributed by atoms with Crippen molar-refractivity contribution < 1.29 is 19.4 Å². The van der Waals surface area contributed by atoms with E-state index in [9.17, 15) is 9.59 Å². The Balaban J connectivity index is 2.46. The smallest absolute Gasteiger partial charge is 0.303 e. The van der Waals surface area contributed by atoms with E-state index in [1.54, 1.807) is 14.0 Å². The van der Waals surface area contributed by atoms with Crippen LogP contribution in [0, 0.1) is 6.92 Å². The average molecular weight is 261 g/mol. The topological polar surface area (TPSA) is 79.4 Å². The van der Waals surface area contributed by atoms with Gasteiger partial charge in [-0.3, -0.25) is 9.59 Å². The summed E-state index contributed by atoms with van der Waals surface area (Å²) in [6.07, 6.45) is -0.157. The summed E-state index contributed by atoms with van der Waals surface area (Å²) in [7, 11) is 1.57. The molecule has 0 unspecified atom stereocenters. The van der Waals surface area contributed by atoms with E-state index in [1.165, 1.54) is 0 Å². The third-order valence-electron chi connectivity index (χ3n) is 3.05. The number of hydrogen-bond acceptors (Lipinski definition) is 3. The minimum absolute atomic E-state index is 0.000334. The normalized spacial score (nSPS) is 10.6. The average Bonchev–Trinajstić information content (AvgIpc) is 2.71. The molecule has 0 aliphatic rings. The second-order valence-corrected chi connectivity index (χ2v) is 4.32. The van der Waals surface area contributed by atoms with Crippen molar-refractivity contribution in [1.82, 2.24) is 4.98 Å². The van der Waals surface area contributed by atoms with Crippen LogP contribution in [0.1, 0.15) is 28.9 Å². The highest BCUT2D eigenvalue weighted by molar-refractivity contribution is 6.10. The molecule has 0 aliphatic carbocycles. The number of fused-ring (bicyclic) bond motifs is 1. The van der Waals surface area contributed by atoms with Crippen LogP contribution in [-0.4, -0.2) is 29.0 Å². The van der Waals surface area contributed by atoms with Crippen molar-refractivity contribution in [1.29, 1.82) is 0 Å². The minimum atomic E-state index is -0.969. The number of aromatic amines is 1. The molecule has 0 radical (unpaired) electrons. The summed E-state index contributed by atoms with van der Waals surface area (Å²) in [5.74, 6) is -0.472. The number of carbonyl (C=O) groups excluding carboxylic acids is 1. The Morgan fingerprint density at radius 1 is 1.32 bits per heavy atom. The van der Waals surface area contributed by atoms with E-state index >= 15 is 0 Å². The zero-order valence-electron chi connectivity index (χ0n) is 10.8. The molecule has 1 heterocycles. The van der Waals surface area contributed by atoms with E-state index < -0.39 is 5.97 Å². The number of nitrogens with one attached hydrogen (secondary N) is 1. The van der Waals surface area contributed by atoms with Gasteiger partial charge in [0.1, 0.15) is 5.75 Å². The molecule has 0 fully saturated rings. The van der Waals surface area contributed by atoms with E-state index in [4.69, 9.17) is 9.84 Å². The molecule has 0 saturated carbocycles. The van der Waals surface area contributed by atoms with Crippen LogP contribution in [0.2, 0.25) is 0 Å². The van der Waals surface area contributed by atoms with Crippen molar-refractivity contribution in [2.75, 3.05) is 7.11 Å². The van der Waals surface area contributed by atoms with Crippen LogP contribution >= 0.6 is 0 Å². The molecule has 1 aromatic heterocycles. The van der Waals surface area contributed by atoms with Crippen molar-refractivity contribution in [2.24, 2.45) is 0 Å². The molecule has 1 aromatic carbocycles. The zero-order valence-corrected chi connectivity index (χ0v) is 10.8. The third-order valence-corrected chi connectivity index (χ3v) is 3.05. The number of rotatable bonds is 5. The number of benzene rings is 1. The molecule has 0 spiro atoms. The van der Waals surface area contributed by atoms with Gasteiger partial charge in [0.05, 0.1) is 19.0 Å². The van der Waals surface area contributed by atoms with Crippen LogP contribution in [0.5, 0.6) is 5.75 Å². The molecular formula is C14H15NO4. The lowest BCUT2D eigenvalue weighted by Crippen LogP contribution is -2.04. The molecule has 0 atom stereocenters. The molecule has 5 heteroatoms. The van der Waals surface area contributed by atoms with Crippen molar-refractivity contribution in [3.63, 3.8) is 0 Å². The standard InChI is InChI=1S/C14H15NO4/c1-8-13(10(16)6-7-12(17)18)9-4-3-5-11(19-2)14(9)15-8/h3-5,15H,6-7H2,1-2H3,(H,17,18). The van der Waals surface area contributed by atoms with Crippen LogP contribution in [0.25, 0.3) is 10.9 Å². The summed E-state index contributed by atoms with van der Waals surface area (Å²) >= 11 is 0. The highest BCUT2D eigenvalue weighted by Gasteiger charge is 2.18. The number of ketones is 1. The Morgan fingerprint density at radius 3 is 2.68 bits per heavy atom. The second-order valence-electron chi connectivity index (χ2n) is 4.32. The molecule has 19 heavy (non-hydrogen) atoms. The number of ether oxygens (including phenoxy) is 1. The molecule has 5 nitrogen and oxygen atoms in total. The SMILES string of the molecule is COc1cccc2c(C(=O)CCC(=O)O)c(C)[nH]c12. The minimum Gasteiger partial charge on any atom is -0.495 e. The number of carbonyl (C=O) groups is 2. The Labute approximate surface area is 110 Å². The van der Waals surface area contributed by atoms with Gasteiger partial charge in [0.25, 0.3) is 0 Å². The number of hydrogen-bond donors (Lipinski definition) is 2. The van der Waals surface area contributed by atoms with E-state index in [2.05, 4.69) is 4.98 Å². The molecule has 2 aromatic rings. The van der Waals surface area contributed by atoms with Crippen molar-refractivity contribution in [3.05, 3.63) is 29.5 Å². The van der Waals surface area contributed by atoms with Gasteiger partial charge in [-0.25, -0.2) is 0 Å². The first-order valence-electron chi connectivity index (χ1n) is 5.95. The molecule has 0 bridgehead atoms. The van der Waals surface area contributed by atoms with Crippen LogP contribution in [0.4, 0.5) is 0 Å². The zero-order chi connectivity index (χ0) is 14.0. The molecular weight excluding hydrogens is 246 g/mol. The van der Waals surface area contributed by atoms with Gasteiger partial charge in [-0.05, 0) is 13.0 Å². The Kier molecular flexibility index (Phi) is 3.55. The predicted molar refractivity (Wildman–Crippen MR) is 70.8 cm³/mol. The van der Waals surface area contributed by atoms with E-state index in [0.29, 0.717) is 11.3 Å². The maximum atomic E-state index is 12.1. The second kappa shape index (κ2) is 5.14. The monoisotopic (exact) mass is 261 g/mol. The summed E-state index contributed by atoms with van der Waals surface area (Å²) < 4.78 is 5.24. The van der Waals surface area contributed by atoms with E-state index in [-0.39, 0.29) is 18.6 Å². The van der Waals surface area contributed by atoms with Crippen molar-refractivity contribution in [2.45, 2.75) is 19.8 Å². The fourth-order valence-electron chi connectivity index (χ4n) is 2.20. The first-order chi connectivity index (χ1) is 9.04. The van der Waals surface area contributed by atoms with Crippen LogP contribution in [0.15, 0.2) is 18.2 Å². The number of aryl methyl sites for hydroxylation is 1. The first kappa shape index (κ1) is 13.1. The van der Waals surface area contributed by atoms with Gasteiger partial charge < -0.3 is 14.8 Å². The highest BCUT2D eigenvalue weighted by atomic mass is 16.5. The van der Waals surface area contributed by atoms with Crippen LogP contribution in [-0.2, 0) is 4.79 Å². The Morgan fingerprint density at radius 2 is 2.05 bits per heavy atom. The van der Waals surface area contributed by atoms with Crippen molar-refractivity contribution in [3.8, 4) is 5.75 Å². The highest BCUT2D eigenvalue weighted by Crippen LogP contribution is 2.30. The Hall–Kier alpha value is -2.30. The first-order valence-corrected chi connectivity index (χ1v) is 5.95. The summed E-state index contributed by atoms with van der Waals surface area (Å²) in [5, 5.41) is 9.42. The Bertz CT molecular complexity index is 642. The number of carboxylic acids is 1. The third kappa shape index (κ3) is 2.45. The number of carboxylic acid groups (broad SMARTS) is 1. The van der Waals surface area contributed by atoms with Gasteiger partial charge in [0.15, 0.2) is 5.78 Å². The molecule has 0 amide bonds. The number of H-pyrrole nitrogens is 1. The number of aliphatic carboxylic acids is 1. The fourth-order valence-corrected chi connectivity index (χ4v) is 2.20. The van der Waals surface area contributed by atoms with Crippen LogP contribution < -0.4 is 4.74 Å². The van der Waals surface area contributed by atoms with Gasteiger partial charge in [0.2, 0.25) is 0 Å². The van der Waals surface area contributed by atoms with Gasteiger partial charge in [-0.15, -0.1) is 0 Å². The molecule has 0 saturated heterocycles. The molecule has 0 aliphatic heterocycles. The van der Waals surface area contributed by atoms with Gasteiger partial charge in [0, 0.05) is 23.1 Å². The van der Waals surface area contributed by atoms with Crippen LogP contribution in [0.3, 0.4) is 0 Å². The summed E-state index contributed by atoms with van der Waals surface area (Å²) in [4.78, 5) is 25.8. The quantitative estimate of drug-likeness (QED) is 0.810. The lowest BCUT2D eigenvalue weighted by atomic mass is 10.0. The van der Waals surface area contributed by atoms with Gasteiger partial charge in [-0.2, -0.15) is 0 Å².